The van der Waals surface area contributed by atoms with E-state index in [1.807, 2.05) is 38.1 Å². The Balaban J connectivity index is 1.96. The minimum Gasteiger partial charge on any atom is -0.507 e. The van der Waals surface area contributed by atoms with E-state index in [0.29, 0.717) is 22.7 Å². The van der Waals surface area contributed by atoms with Crippen LogP contribution >= 0.6 is 0 Å². The number of benzene rings is 3. The average molecular weight is 443 g/mol. The summed E-state index contributed by atoms with van der Waals surface area (Å²) < 4.78 is 10.6. The Kier molecular flexibility index (Phi) is 5.92. The lowest BCUT2D eigenvalue weighted by molar-refractivity contribution is -0.132. The molecule has 33 heavy (non-hydrogen) atoms. The minimum atomic E-state index is -0.793. The summed E-state index contributed by atoms with van der Waals surface area (Å²) in [6, 6.07) is 18.9. The van der Waals surface area contributed by atoms with Crippen molar-refractivity contribution in [1.29, 1.82) is 0 Å². The zero-order valence-electron chi connectivity index (χ0n) is 19.0. The predicted octanol–water partition coefficient (Wildman–Crippen LogP) is 4.95. The number of aliphatic hydroxyl groups excluding tert-OH is 1. The molecular weight excluding hydrogens is 418 g/mol. The number of aryl methyl sites for hydroxylation is 2. The smallest absolute Gasteiger partial charge is 0.300 e. The molecule has 0 saturated carbocycles. The summed E-state index contributed by atoms with van der Waals surface area (Å²) in [7, 11) is 3.10. The maximum atomic E-state index is 13.3. The highest BCUT2D eigenvalue weighted by Gasteiger charge is 2.47. The standard InChI is InChI=1S/C27H25NO5/c1-16-7-5-8-18(13-16)24-23(25(29)22-12-11-21(33-4)14-17(22)2)26(30)27(31)28(24)19-9-6-10-20(15-19)32-3/h5-15,24,29H,1-4H3/b25-23-. The Hall–Kier alpha value is -4.06. The van der Waals surface area contributed by atoms with Crippen LogP contribution < -0.4 is 14.4 Å². The first-order valence-corrected chi connectivity index (χ1v) is 10.5. The summed E-state index contributed by atoms with van der Waals surface area (Å²) in [5, 5.41) is 11.3. The summed E-state index contributed by atoms with van der Waals surface area (Å²) in [6.45, 7) is 3.76. The van der Waals surface area contributed by atoms with Crippen LogP contribution in [0.3, 0.4) is 0 Å². The molecule has 1 saturated heterocycles. The molecule has 3 aromatic carbocycles. The maximum absolute atomic E-state index is 13.3. The van der Waals surface area contributed by atoms with Gasteiger partial charge in [-0.1, -0.05) is 35.9 Å². The van der Waals surface area contributed by atoms with Crippen molar-refractivity contribution >= 4 is 23.1 Å². The van der Waals surface area contributed by atoms with E-state index >= 15 is 0 Å². The fourth-order valence-electron chi connectivity index (χ4n) is 4.19. The number of methoxy groups -OCH3 is 2. The summed E-state index contributed by atoms with van der Waals surface area (Å²) in [5.41, 5.74) is 3.45. The van der Waals surface area contributed by atoms with Crippen LogP contribution in [-0.4, -0.2) is 31.0 Å². The number of hydrogen-bond donors (Lipinski definition) is 1. The molecule has 6 heteroatoms. The summed E-state index contributed by atoms with van der Waals surface area (Å²) in [4.78, 5) is 28.0. The molecule has 1 atom stereocenters. The molecule has 0 aliphatic carbocycles. The second-order valence-corrected chi connectivity index (χ2v) is 7.97. The lowest BCUT2D eigenvalue weighted by Crippen LogP contribution is -2.29. The Morgan fingerprint density at radius 2 is 1.58 bits per heavy atom. The van der Waals surface area contributed by atoms with E-state index in [1.54, 1.807) is 49.6 Å². The molecular formula is C27H25NO5. The number of carbonyl (C=O) groups is 2. The van der Waals surface area contributed by atoms with Gasteiger partial charge in [0.1, 0.15) is 17.3 Å². The molecule has 1 heterocycles. The third-order valence-corrected chi connectivity index (χ3v) is 5.82. The van der Waals surface area contributed by atoms with E-state index in [1.165, 1.54) is 12.0 Å². The van der Waals surface area contributed by atoms with Gasteiger partial charge in [0, 0.05) is 17.3 Å². The molecule has 1 aliphatic rings. The maximum Gasteiger partial charge on any atom is 0.300 e. The first-order chi connectivity index (χ1) is 15.8. The second-order valence-electron chi connectivity index (χ2n) is 7.97. The normalized spacial score (nSPS) is 17.3. The molecule has 0 spiro atoms. The molecule has 6 nitrogen and oxygen atoms in total. The van der Waals surface area contributed by atoms with Gasteiger partial charge < -0.3 is 14.6 Å². The van der Waals surface area contributed by atoms with Gasteiger partial charge in [-0.15, -0.1) is 0 Å². The number of ketones is 1. The third-order valence-electron chi connectivity index (χ3n) is 5.82. The number of ether oxygens (including phenoxy) is 2. The van der Waals surface area contributed by atoms with Crippen molar-refractivity contribution in [3.63, 3.8) is 0 Å². The summed E-state index contributed by atoms with van der Waals surface area (Å²) in [5.74, 6) is -0.468. The number of aliphatic hydroxyl groups is 1. The molecule has 1 N–H and O–H groups in total. The van der Waals surface area contributed by atoms with Crippen LogP contribution in [0.4, 0.5) is 5.69 Å². The van der Waals surface area contributed by atoms with Crippen LogP contribution in [-0.2, 0) is 9.59 Å². The Labute approximate surface area is 192 Å². The number of rotatable bonds is 5. The molecule has 0 aromatic heterocycles. The predicted molar refractivity (Wildman–Crippen MR) is 127 cm³/mol. The van der Waals surface area contributed by atoms with E-state index < -0.39 is 17.7 Å². The van der Waals surface area contributed by atoms with Crippen molar-refractivity contribution < 1.29 is 24.2 Å². The van der Waals surface area contributed by atoms with E-state index in [0.717, 1.165) is 16.7 Å². The number of anilines is 1. The van der Waals surface area contributed by atoms with Gasteiger partial charge in [0.05, 0.1) is 25.8 Å². The Bertz CT molecular complexity index is 1280. The highest BCUT2D eigenvalue weighted by atomic mass is 16.5. The van der Waals surface area contributed by atoms with Crippen molar-refractivity contribution in [1.82, 2.24) is 0 Å². The van der Waals surface area contributed by atoms with Crippen molar-refractivity contribution in [2.45, 2.75) is 19.9 Å². The van der Waals surface area contributed by atoms with E-state index in [9.17, 15) is 14.7 Å². The lowest BCUT2D eigenvalue weighted by Gasteiger charge is -2.26. The van der Waals surface area contributed by atoms with Crippen LogP contribution in [0.2, 0.25) is 0 Å². The van der Waals surface area contributed by atoms with Crippen molar-refractivity contribution in [2.75, 3.05) is 19.1 Å². The van der Waals surface area contributed by atoms with Gasteiger partial charge in [-0.05, 0) is 55.3 Å². The quantitative estimate of drug-likeness (QED) is 0.343. The highest BCUT2D eigenvalue weighted by Crippen LogP contribution is 2.43. The first kappa shape index (κ1) is 22.1. The fraction of sp³-hybridized carbons (Fsp3) is 0.185. The van der Waals surface area contributed by atoms with Crippen molar-refractivity contribution in [2.24, 2.45) is 0 Å². The van der Waals surface area contributed by atoms with Crippen molar-refractivity contribution in [3.05, 3.63) is 94.6 Å². The van der Waals surface area contributed by atoms with E-state index in [2.05, 4.69) is 0 Å². The minimum absolute atomic E-state index is 0.0432. The fourth-order valence-corrected chi connectivity index (χ4v) is 4.19. The first-order valence-electron chi connectivity index (χ1n) is 10.5. The second kappa shape index (κ2) is 8.82. The number of Topliss-reactive ketones (excluding diaryl/α,β-unsaturated/α-hetero) is 1. The highest BCUT2D eigenvalue weighted by molar-refractivity contribution is 6.51. The van der Waals surface area contributed by atoms with Crippen LogP contribution in [0, 0.1) is 13.8 Å². The van der Waals surface area contributed by atoms with Crippen LogP contribution in [0.5, 0.6) is 11.5 Å². The van der Waals surface area contributed by atoms with Crippen LogP contribution in [0.15, 0.2) is 72.3 Å². The zero-order valence-corrected chi connectivity index (χ0v) is 19.0. The monoisotopic (exact) mass is 443 g/mol. The molecule has 0 radical (unpaired) electrons. The molecule has 1 fully saturated rings. The zero-order chi connectivity index (χ0) is 23.7. The molecule has 1 unspecified atom stereocenters. The average Bonchev–Trinajstić information content (AvgIpc) is 3.09. The Morgan fingerprint density at radius 3 is 2.24 bits per heavy atom. The van der Waals surface area contributed by atoms with Gasteiger partial charge in [-0.2, -0.15) is 0 Å². The van der Waals surface area contributed by atoms with Gasteiger partial charge >= 0.3 is 0 Å². The SMILES string of the molecule is COc1cccc(N2C(=O)C(=O)/C(=C(\O)c3ccc(OC)cc3C)C2c2cccc(C)c2)c1. The molecule has 4 rings (SSSR count). The molecule has 168 valence electrons. The summed E-state index contributed by atoms with van der Waals surface area (Å²) >= 11 is 0. The summed E-state index contributed by atoms with van der Waals surface area (Å²) in [6.07, 6.45) is 0. The largest absolute Gasteiger partial charge is 0.507 e. The van der Waals surface area contributed by atoms with E-state index in [-0.39, 0.29) is 11.3 Å². The van der Waals surface area contributed by atoms with Crippen LogP contribution in [0.25, 0.3) is 5.76 Å². The Morgan fingerprint density at radius 1 is 0.879 bits per heavy atom. The van der Waals surface area contributed by atoms with E-state index in [4.69, 9.17) is 9.47 Å². The van der Waals surface area contributed by atoms with Gasteiger partial charge in [0.2, 0.25) is 0 Å². The van der Waals surface area contributed by atoms with Gasteiger partial charge in [-0.25, -0.2) is 0 Å². The number of nitrogens with zero attached hydrogens (tertiary/aromatic N) is 1. The number of amides is 1. The molecule has 1 amide bonds. The van der Waals surface area contributed by atoms with Gasteiger partial charge in [0.25, 0.3) is 11.7 Å². The van der Waals surface area contributed by atoms with Gasteiger partial charge in [-0.3, -0.25) is 14.5 Å². The third kappa shape index (κ3) is 3.96. The van der Waals surface area contributed by atoms with Crippen molar-refractivity contribution in [3.8, 4) is 11.5 Å². The molecule has 3 aromatic rings. The molecule has 0 bridgehead atoms. The number of hydrogen-bond acceptors (Lipinski definition) is 5. The lowest BCUT2D eigenvalue weighted by atomic mass is 9.93. The number of carbonyl (C=O) groups excluding carboxylic acids is 2. The van der Waals surface area contributed by atoms with Gasteiger partial charge in [0.15, 0.2) is 0 Å². The topological polar surface area (TPSA) is 76.1 Å². The van der Waals surface area contributed by atoms with Crippen LogP contribution in [0.1, 0.15) is 28.3 Å². The molecule has 1 aliphatic heterocycles.